The number of thiazole rings is 1. The lowest BCUT2D eigenvalue weighted by Gasteiger charge is -2.01. The van der Waals surface area contributed by atoms with E-state index >= 15 is 0 Å². The molecule has 1 aromatic heterocycles. The van der Waals surface area contributed by atoms with Crippen LogP contribution in [0, 0.1) is 0 Å². The van der Waals surface area contributed by atoms with Crippen molar-refractivity contribution in [3.05, 3.63) is 75.1 Å². The molecule has 0 radical (unpaired) electrons. The van der Waals surface area contributed by atoms with E-state index in [0.29, 0.717) is 5.56 Å². The number of nitrogens with zero attached hydrogens (tertiary/aromatic N) is 1. The first kappa shape index (κ1) is 15.7. The molecule has 0 aliphatic heterocycles. The number of hydrogen-bond acceptors (Lipinski definition) is 4. The average molecular weight is 344 g/mol. The van der Waals surface area contributed by atoms with E-state index in [4.69, 9.17) is 16.3 Å². The van der Waals surface area contributed by atoms with Crippen LogP contribution in [0.25, 0.3) is 11.3 Å². The predicted molar refractivity (Wildman–Crippen MR) is 93.1 cm³/mol. The molecule has 0 saturated heterocycles. The fourth-order valence-electron chi connectivity index (χ4n) is 2.20. The number of ether oxygens (including phenoxy) is 1. The molecule has 0 bridgehead atoms. The number of halogens is 1. The molecule has 0 fully saturated rings. The molecular formula is C18H14ClNO2S. The van der Waals surface area contributed by atoms with Crippen molar-refractivity contribution in [2.24, 2.45) is 0 Å². The van der Waals surface area contributed by atoms with Crippen molar-refractivity contribution >= 4 is 28.9 Å². The Morgan fingerprint density at radius 2 is 1.83 bits per heavy atom. The summed E-state index contributed by atoms with van der Waals surface area (Å²) in [6, 6.07) is 15.1. The van der Waals surface area contributed by atoms with Crippen LogP contribution in [0.1, 0.15) is 20.9 Å². The van der Waals surface area contributed by atoms with Gasteiger partial charge in [-0.3, -0.25) is 0 Å². The van der Waals surface area contributed by atoms with Crippen LogP contribution < -0.4 is 0 Å². The van der Waals surface area contributed by atoms with Crippen LogP contribution in [-0.2, 0) is 11.2 Å². The molecule has 3 rings (SSSR count). The molecule has 3 aromatic rings. The molecule has 0 aliphatic rings. The van der Waals surface area contributed by atoms with E-state index in [2.05, 4.69) is 4.98 Å². The Labute approximate surface area is 143 Å². The maximum atomic E-state index is 11.4. The van der Waals surface area contributed by atoms with Gasteiger partial charge in [0.05, 0.1) is 23.4 Å². The summed E-state index contributed by atoms with van der Waals surface area (Å²) in [4.78, 5) is 16.1. The molecular weight excluding hydrogens is 330 g/mol. The summed E-state index contributed by atoms with van der Waals surface area (Å²) in [5.41, 5.74) is 3.66. The van der Waals surface area contributed by atoms with E-state index < -0.39 is 0 Å². The van der Waals surface area contributed by atoms with Crippen molar-refractivity contribution < 1.29 is 9.53 Å². The fourth-order valence-corrected chi connectivity index (χ4v) is 3.16. The van der Waals surface area contributed by atoms with E-state index in [0.717, 1.165) is 33.3 Å². The number of carbonyl (C=O) groups is 1. The zero-order valence-electron chi connectivity index (χ0n) is 12.5. The van der Waals surface area contributed by atoms with Gasteiger partial charge in [-0.05, 0) is 29.8 Å². The van der Waals surface area contributed by atoms with Gasteiger partial charge in [0.15, 0.2) is 0 Å². The largest absolute Gasteiger partial charge is 0.465 e. The Balaban J connectivity index is 1.74. The maximum Gasteiger partial charge on any atom is 0.337 e. The van der Waals surface area contributed by atoms with Crippen LogP contribution >= 0.6 is 22.9 Å². The molecule has 0 aliphatic carbocycles. The number of esters is 1. The summed E-state index contributed by atoms with van der Waals surface area (Å²) >= 11 is 7.53. The van der Waals surface area contributed by atoms with E-state index in [1.165, 1.54) is 7.11 Å². The molecule has 0 saturated carbocycles. The molecule has 0 unspecified atom stereocenters. The smallest absolute Gasteiger partial charge is 0.337 e. The zero-order chi connectivity index (χ0) is 16.2. The van der Waals surface area contributed by atoms with Gasteiger partial charge < -0.3 is 4.74 Å². The number of aromatic nitrogens is 1. The summed E-state index contributed by atoms with van der Waals surface area (Å²) < 4.78 is 4.70. The minimum Gasteiger partial charge on any atom is -0.465 e. The highest BCUT2D eigenvalue weighted by molar-refractivity contribution is 7.10. The van der Waals surface area contributed by atoms with Gasteiger partial charge in [0.1, 0.15) is 0 Å². The van der Waals surface area contributed by atoms with Gasteiger partial charge in [-0.1, -0.05) is 35.9 Å². The minimum atomic E-state index is -0.323. The second kappa shape index (κ2) is 6.94. The normalized spacial score (nSPS) is 10.5. The maximum absolute atomic E-state index is 11.4. The van der Waals surface area contributed by atoms with Gasteiger partial charge >= 0.3 is 5.97 Å². The van der Waals surface area contributed by atoms with Gasteiger partial charge in [0.2, 0.25) is 0 Å². The minimum absolute atomic E-state index is 0.323. The van der Waals surface area contributed by atoms with E-state index in [1.807, 2.05) is 41.8 Å². The number of hydrogen-bond donors (Lipinski definition) is 0. The summed E-state index contributed by atoms with van der Waals surface area (Å²) in [7, 11) is 1.38. The topological polar surface area (TPSA) is 39.2 Å². The molecule has 0 amide bonds. The third-order valence-electron chi connectivity index (χ3n) is 3.42. The molecule has 0 atom stereocenters. The molecule has 1 heterocycles. The number of rotatable bonds is 4. The van der Waals surface area contributed by atoms with E-state index in [-0.39, 0.29) is 5.97 Å². The van der Waals surface area contributed by atoms with E-state index in [9.17, 15) is 4.79 Å². The Hall–Kier alpha value is -2.17. The van der Waals surface area contributed by atoms with Crippen molar-refractivity contribution in [1.82, 2.24) is 4.98 Å². The van der Waals surface area contributed by atoms with Gasteiger partial charge in [-0.25, -0.2) is 9.78 Å². The molecule has 5 heteroatoms. The first-order valence-corrected chi connectivity index (χ1v) is 8.29. The van der Waals surface area contributed by atoms with Crippen LogP contribution in [0.5, 0.6) is 0 Å². The van der Waals surface area contributed by atoms with E-state index in [1.54, 1.807) is 23.5 Å². The van der Waals surface area contributed by atoms with Crippen LogP contribution in [-0.4, -0.2) is 18.1 Å². The first-order valence-electron chi connectivity index (χ1n) is 7.03. The van der Waals surface area contributed by atoms with Gasteiger partial charge in [0, 0.05) is 22.4 Å². The van der Waals surface area contributed by atoms with Crippen molar-refractivity contribution in [2.45, 2.75) is 6.42 Å². The van der Waals surface area contributed by atoms with Gasteiger partial charge in [-0.15, -0.1) is 11.3 Å². The molecule has 2 aromatic carbocycles. The molecule has 0 N–H and O–H groups in total. The van der Waals surface area contributed by atoms with Crippen molar-refractivity contribution in [2.75, 3.05) is 7.11 Å². The van der Waals surface area contributed by atoms with Crippen molar-refractivity contribution in [3.63, 3.8) is 0 Å². The molecule has 3 nitrogen and oxygen atoms in total. The highest BCUT2D eigenvalue weighted by Crippen LogP contribution is 2.24. The van der Waals surface area contributed by atoms with Crippen LogP contribution in [0.2, 0.25) is 5.02 Å². The Bertz CT molecular complexity index is 810. The van der Waals surface area contributed by atoms with Crippen LogP contribution in [0.3, 0.4) is 0 Å². The molecule has 0 spiro atoms. The SMILES string of the molecule is COC(=O)c1ccc(Cc2nc(-c3ccc(Cl)cc3)cs2)cc1. The lowest BCUT2D eigenvalue weighted by molar-refractivity contribution is 0.0600. The summed E-state index contributed by atoms with van der Waals surface area (Å²) in [5.74, 6) is -0.323. The number of methoxy groups -OCH3 is 1. The highest BCUT2D eigenvalue weighted by Gasteiger charge is 2.08. The van der Waals surface area contributed by atoms with Gasteiger partial charge in [0.25, 0.3) is 0 Å². The lowest BCUT2D eigenvalue weighted by Crippen LogP contribution is -2.00. The Morgan fingerprint density at radius 1 is 1.13 bits per heavy atom. The quantitative estimate of drug-likeness (QED) is 0.636. The number of carbonyl (C=O) groups excluding carboxylic acids is 1. The molecule has 116 valence electrons. The van der Waals surface area contributed by atoms with Crippen molar-refractivity contribution in [3.8, 4) is 11.3 Å². The Morgan fingerprint density at radius 3 is 2.48 bits per heavy atom. The summed E-state index contributed by atoms with van der Waals surface area (Å²) in [6.45, 7) is 0. The monoisotopic (exact) mass is 343 g/mol. The fraction of sp³-hybridized carbons (Fsp3) is 0.111. The first-order chi connectivity index (χ1) is 11.2. The third-order valence-corrected chi connectivity index (χ3v) is 4.52. The summed E-state index contributed by atoms with van der Waals surface area (Å²) in [5, 5.41) is 3.79. The summed E-state index contributed by atoms with van der Waals surface area (Å²) in [6.07, 6.45) is 0.736. The van der Waals surface area contributed by atoms with Gasteiger partial charge in [-0.2, -0.15) is 0 Å². The second-order valence-electron chi connectivity index (χ2n) is 5.00. The van der Waals surface area contributed by atoms with Crippen LogP contribution in [0.15, 0.2) is 53.9 Å². The third kappa shape index (κ3) is 3.78. The zero-order valence-corrected chi connectivity index (χ0v) is 14.0. The number of benzene rings is 2. The highest BCUT2D eigenvalue weighted by atomic mass is 35.5. The second-order valence-corrected chi connectivity index (χ2v) is 6.38. The van der Waals surface area contributed by atoms with Crippen LogP contribution in [0.4, 0.5) is 0 Å². The lowest BCUT2D eigenvalue weighted by atomic mass is 10.1. The standard InChI is InChI=1S/C18H14ClNO2S/c1-22-18(21)14-4-2-12(3-5-14)10-17-20-16(11-23-17)13-6-8-15(19)9-7-13/h2-9,11H,10H2,1H3. The average Bonchev–Trinajstić information content (AvgIpc) is 3.04. The predicted octanol–water partition coefficient (Wildman–Crippen LogP) is 4.84. The molecule has 23 heavy (non-hydrogen) atoms. The van der Waals surface area contributed by atoms with Crippen molar-refractivity contribution in [1.29, 1.82) is 0 Å². The Kier molecular flexibility index (Phi) is 4.74.